The average Bonchev–Trinajstić information content (AvgIpc) is 3.26. The van der Waals surface area contributed by atoms with Gasteiger partial charge in [-0.3, -0.25) is 0 Å². The van der Waals surface area contributed by atoms with Crippen LogP contribution in [-0.2, 0) is 6.42 Å². The third kappa shape index (κ3) is 4.66. The van der Waals surface area contributed by atoms with Crippen LogP contribution >= 0.6 is 23.4 Å². The van der Waals surface area contributed by atoms with Gasteiger partial charge in [-0.25, -0.2) is 20.4 Å². The Kier molecular flexibility index (Phi) is 7.11. The van der Waals surface area contributed by atoms with Gasteiger partial charge in [-0.05, 0) is 24.3 Å². The van der Waals surface area contributed by atoms with E-state index in [1.165, 1.54) is 17.3 Å². The van der Waals surface area contributed by atoms with Crippen LogP contribution in [0.3, 0.4) is 0 Å². The number of ether oxygens (including phenoxy) is 2. The van der Waals surface area contributed by atoms with Crippen molar-refractivity contribution < 1.29 is 9.47 Å². The van der Waals surface area contributed by atoms with Crippen molar-refractivity contribution in [1.29, 1.82) is 0 Å². The number of hydrogen-bond acceptors (Lipinski definition) is 9. The molecule has 174 valence electrons. The molecule has 8 nitrogen and oxygen atoms in total. The Balaban J connectivity index is 1.89. The Morgan fingerprint density at radius 3 is 2.64 bits per heavy atom. The normalized spacial score (nSPS) is 13.4. The molecule has 0 saturated heterocycles. The highest BCUT2D eigenvalue weighted by Gasteiger charge is 2.22. The molecule has 33 heavy (non-hydrogen) atoms. The summed E-state index contributed by atoms with van der Waals surface area (Å²) in [4.78, 5) is 14.2. The van der Waals surface area contributed by atoms with Gasteiger partial charge in [0.1, 0.15) is 17.0 Å². The van der Waals surface area contributed by atoms with E-state index in [0.717, 1.165) is 35.0 Å². The first-order valence-electron chi connectivity index (χ1n) is 10.5. The smallest absolute Gasteiger partial charge is 0.187 e. The summed E-state index contributed by atoms with van der Waals surface area (Å²) in [7, 11) is 5.21. The fraction of sp³-hybridized carbons (Fsp3) is 0.348. The zero-order valence-electron chi connectivity index (χ0n) is 19.3. The van der Waals surface area contributed by atoms with E-state index in [1.54, 1.807) is 14.2 Å². The number of methoxy groups -OCH3 is 2. The number of rotatable bonds is 8. The van der Waals surface area contributed by atoms with Crippen LogP contribution in [0, 0.1) is 0 Å². The fourth-order valence-corrected chi connectivity index (χ4v) is 4.55. The van der Waals surface area contributed by atoms with Crippen molar-refractivity contribution in [2.75, 3.05) is 45.9 Å². The number of nitrogens with one attached hydrogen (secondary N) is 2. The monoisotopic (exact) mass is 486 g/mol. The summed E-state index contributed by atoms with van der Waals surface area (Å²) in [5, 5.41) is 7.48. The fourth-order valence-electron chi connectivity index (χ4n) is 3.87. The van der Waals surface area contributed by atoms with Crippen LogP contribution in [0.1, 0.15) is 12.5 Å². The first-order valence-corrected chi connectivity index (χ1v) is 12.1. The molecule has 1 aliphatic rings. The first-order chi connectivity index (χ1) is 16.0. The lowest BCUT2D eigenvalue weighted by Crippen LogP contribution is -2.24. The number of nitrogens with zero attached hydrogens (tertiary/aromatic N) is 4. The summed E-state index contributed by atoms with van der Waals surface area (Å²) in [6.45, 7) is 3.48. The van der Waals surface area contributed by atoms with Gasteiger partial charge in [0, 0.05) is 55.1 Å². The molecular formula is C23H27ClN6O2S. The molecule has 0 saturated carbocycles. The van der Waals surface area contributed by atoms with Crippen molar-refractivity contribution >= 4 is 40.1 Å². The van der Waals surface area contributed by atoms with Crippen LogP contribution in [0.2, 0.25) is 5.02 Å². The molecule has 1 aliphatic heterocycles. The van der Waals surface area contributed by atoms with Gasteiger partial charge in [-0.1, -0.05) is 30.3 Å². The Morgan fingerprint density at radius 1 is 1.21 bits per heavy atom. The van der Waals surface area contributed by atoms with E-state index in [2.05, 4.69) is 28.9 Å². The van der Waals surface area contributed by atoms with E-state index in [-0.39, 0.29) is 0 Å². The molecule has 10 heteroatoms. The van der Waals surface area contributed by atoms with Crippen molar-refractivity contribution in [3.05, 3.63) is 40.7 Å². The predicted molar refractivity (Wildman–Crippen MR) is 134 cm³/mol. The number of aromatic nitrogens is 3. The molecule has 0 radical (unpaired) electrons. The summed E-state index contributed by atoms with van der Waals surface area (Å²) in [6.07, 6.45) is 6.57. The Hall–Kier alpha value is -2.75. The quantitative estimate of drug-likeness (QED) is 0.355. The number of benzene rings is 1. The topological polar surface area (TPSA) is 84.4 Å². The minimum absolute atomic E-state index is 0.499. The van der Waals surface area contributed by atoms with Crippen molar-refractivity contribution in [3.8, 4) is 22.8 Å². The molecule has 0 spiro atoms. The number of fused-ring (bicyclic) bond motifs is 1. The molecule has 0 bridgehead atoms. The van der Waals surface area contributed by atoms with Gasteiger partial charge in [0.15, 0.2) is 11.0 Å². The highest BCUT2D eigenvalue weighted by molar-refractivity contribution is 7.98. The van der Waals surface area contributed by atoms with Crippen LogP contribution in [0.5, 0.6) is 11.5 Å². The standard InChI is InChI=1S/C23H27ClN6O2S/c1-6-15-17(31-3)8-18(32-4)20(24)19(15)16-7-14-11-26-23(33-5)29-21(14)22(28-16)25-9-13-10-27-30(2)12-13/h7-8,11-12,27H,6,9-10H2,1-5H3,(H,25,28). The second kappa shape index (κ2) is 10.0. The van der Waals surface area contributed by atoms with Gasteiger partial charge in [0.05, 0.1) is 24.9 Å². The zero-order chi connectivity index (χ0) is 23.5. The lowest BCUT2D eigenvalue weighted by atomic mass is 9.99. The van der Waals surface area contributed by atoms with Gasteiger partial charge >= 0.3 is 0 Å². The highest BCUT2D eigenvalue weighted by Crippen LogP contribution is 2.44. The summed E-state index contributed by atoms with van der Waals surface area (Å²) >= 11 is 8.30. The summed E-state index contributed by atoms with van der Waals surface area (Å²) in [5.74, 6) is 1.93. The van der Waals surface area contributed by atoms with Crippen molar-refractivity contribution in [2.45, 2.75) is 18.5 Å². The van der Waals surface area contributed by atoms with E-state index >= 15 is 0 Å². The lowest BCUT2D eigenvalue weighted by molar-refractivity contribution is 0.373. The lowest BCUT2D eigenvalue weighted by Gasteiger charge is -2.18. The maximum Gasteiger partial charge on any atom is 0.187 e. The third-order valence-electron chi connectivity index (χ3n) is 5.49. The second-order valence-corrected chi connectivity index (χ2v) is 8.69. The van der Waals surface area contributed by atoms with Gasteiger partial charge in [-0.15, -0.1) is 0 Å². The van der Waals surface area contributed by atoms with E-state index in [0.29, 0.717) is 39.7 Å². The molecule has 4 rings (SSSR count). The second-order valence-electron chi connectivity index (χ2n) is 7.54. The number of anilines is 1. The van der Waals surface area contributed by atoms with Crippen molar-refractivity contribution in [1.82, 2.24) is 25.4 Å². The van der Waals surface area contributed by atoms with Gasteiger partial charge < -0.3 is 19.8 Å². The zero-order valence-corrected chi connectivity index (χ0v) is 20.9. The summed E-state index contributed by atoms with van der Waals surface area (Å²) < 4.78 is 11.2. The van der Waals surface area contributed by atoms with E-state index in [9.17, 15) is 0 Å². The number of thioether (sulfide) groups is 1. The Bertz CT molecular complexity index is 1220. The molecule has 0 fully saturated rings. The molecule has 2 aromatic heterocycles. The maximum absolute atomic E-state index is 6.81. The number of halogens is 1. The summed E-state index contributed by atoms with van der Waals surface area (Å²) in [5.41, 5.74) is 7.69. The van der Waals surface area contributed by atoms with Crippen LogP contribution in [-0.4, -0.2) is 60.6 Å². The maximum atomic E-state index is 6.81. The Labute approximate surface area is 202 Å². The molecule has 0 amide bonds. The van der Waals surface area contributed by atoms with E-state index in [1.807, 2.05) is 36.6 Å². The van der Waals surface area contributed by atoms with Gasteiger partial charge in [0.25, 0.3) is 0 Å². The van der Waals surface area contributed by atoms with Gasteiger partial charge in [0.2, 0.25) is 0 Å². The summed E-state index contributed by atoms with van der Waals surface area (Å²) in [6, 6.07) is 3.78. The molecule has 3 heterocycles. The first kappa shape index (κ1) is 23.4. The molecule has 0 aliphatic carbocycles. The highest BCUT2D eigenvalue weighted by atomic mass is 35.5. The van der Waals surface area contributed by atoms with E-state index in [4.69, 9.17) is 31.0 Å². The predicted octanol–water partition coefficient (Wildman–Crippen LogP) is 4.39. The largest absolute Gasteiger partial charge is 0.496 e. The number of hydrazine groups is 1. The van der Waals surface area contributed by atoms with Crippen LogP contribution in [0.4, 0.5) is 5.82 Å². The minimum Gasteiger partial charge on any atom is -0.496 e. The SMILES string of the molecule is CCc1c(OC)cc(OC)c(Cl)c1-c1cc2cnc(SC)nc2c(NCC2=CN(C)NC2)n1. The van der Waals surface area contributed by atoms with Crippen LogP contribution < -0.4 is 20.2 Å². The van der Waals surface area contributed by atoms with Gasteiger partial charge in [-0.2, -0.15) is 0 Å². The van der Waals surface area contributed by atoms with E-state index < -0.39 is 0 Å². The Morgan fingerprint density at radius 2 is 2.00 bits per heavy atom. The minimum atomic E-state index is 0.499. The van der Waals surface area contributed by atoms with Crippen LogP contribution in [0.25, 0.3) is 22.2 Å². The molecule has 3 aromatic rings. The number of hydrogen-bond donors (Lipinski definition) is 2. The van der Waals surface area contributed by atoms with Crippen molar-refractivity contribution in [2.24, 2.45) is 0 Å². The molecule has 0 unspecified atom stereocenters. The molecule has 0 atom stereocenters. The molecule has 2 N–H and O–H groups in total. The number of pyridine rings is 1. The molecule has 1 aromatic carbocycles. The van der Waals surface area contributed by atoms with Crippen molar-refractivity contribution in [3.63, 3.8) is 0 Å². The third-order valence-corrected chi connectivity index (χ3v) is 6.42. The molecular weight excluding hydrogens is 460 g/mol. The van der Waals surface area contributed by atoms with Crippen LogP contribution in [0.15, 0.2) is 35.3 Å². The average molecular weight is 487 g/mol.